The molecule has 0 aliphatic carbocycles. The summed E-state index contributed by atoms with van der Waals surface area (Å²) >= 11 is -1.97. The van der Waals surface area contributed by atoms with Crippen molar-refractivity contribution in [2.24, 2.45) is 4.99 Å². The molecule has 0 aliphatic heterocycles. The lowest BCUT2D eigenvalue weighted by Crippen LogP contribution is -2.32. The summed E-state index contributed by atoms with van der Waals surface area (Å²) in [6, 6.07) is 8.28. The van der Waals surface area contributed by atoms with E-state index in [-0.39, 0.29) is 18.0 Å². The SMILES string of the molecule is O=C([O-])C(=NCCS(=O)O)c1ccccc1. The van der Waals surface area contributed by atoms with Crippen LogP contribution in [-0.4, -0.2) is 32.7 Å². The maximum Gasteiger partial charge on any atom is 0.154 e. The van der Waals surface area contributed by atoms with Crippen LogP contribution < -0.4 is 5.11 Å². The van der Waals surface area contributed by atoms with Crippen LogP contribution in [0.5, 0.6) is 0 Å². The first-order valence-corrected chi connectivity index (χ1v) is 5.77. The largest absolute Gasteiger partial charge is 0.543 e. The van der Waals surface area contributed by atoms with Crippen LogP contribution in [-0.2, 0) is 15.9 Å². The predicted octanol–water partition coefficient (Wildman–Crippen LogP) is -0.553. The Kier molecular flexibility index (Phi) is 4.81. The lowest BCUT2D eigenvalue weighted by molar-refractivity contribution is -0.294. The normalized spacial score (nSPS) is 13.4. The summed E-state index contributed by atoms with van der Waals surface area (Å²) in [5, 5.41) is 10.8. The molecule has 1 aromatic carbocycles. The van der Waals surface area contributed by atoms with Crippen LogP contribution in [0.2, 0.25) is 0 Å². The van der Waals surface area contributed by atoms with Crippen molar-refractivity contribution in [3.05, 3.63) is 35.9 Å². The number of aliphatic imine (C=N–C) groups is 1. The Balaban J connectivity index is 2.84. The van der Waals surface area contributed by atoms with Gasteiger partial charge in [-0.1, -0.05) is 30.3 Å². The number of carbonyl (C=O) groups is 1. The van der Waals surface area contributed by atoms with Gasteiger partial charge in [-0.25, -0.2) is 4.21 Å². The van der Waals surface area contributed by atoms with E-state index in [4.69, 9.17) is 4.55 Å². The maximum absolute atomic E-state index is 10.8. The molecule has 0 radical (unpaired) electrons. The van der Waals surface area contributed by atoms with E-state index < -0.39 is 17.0 Å². The Morgan fingerprint density at radius 2 is 2.00 bits per heavy atom. The lowest BCUT2D eigenvalue weighted by Gasteiger charge is -2.07. The predicted molar refractivity (Wildman–Crippen MR) is 58.5 cm³/mol. The van der Waals surface area contributed by atoms with Crippen molar-refractivity contribution in [2.75, 3.05) is 12.3 Å². The van der Waals surface area contributed by atoms with Crippen molar-refractivity contribution in [3.63, 3.8) is 0 Å². The number of carboxylic acids is 1. The van der Waals surface area contributed by atoms with Gasteiger partial charge in [-0.15, -0.1) is 0 Å². The van der Waals surface area contributed by atoms with Crippen molar-refractivity contribution < 1.29 is 18.7 Å². The van der Waals surface area contributed by atoms with Crippen LogP contribution >= 0.6 is 0 Å². The second kappa shape index (κ2) is 6.14. The van der Waals surface area contributed by atoms with Gasteiger partial charge in [0.1, 0.15) is 0 Å². The molecule has 5 nitrogen and oxygen atoms in total. The lowest BCUT2D eigenvalue weighted by atomic mass is 10.1. The fraction of sp³-hybridized carbons (Fsp3) is 0.200. The highest BCUT2D eigenvalue weighted by atomic mass is 32.2. The molecule has 1 N–H and O–H groups in total. The molecule has 86 valence electrons. The van der Waals surface area contributed by atoms with Gasteiger partial charge in [0.05, 0.1) is 24.0 Å². The molecular weight excluding hydrogens is 230 g/mol. The summed E-state index contributed by atoms with van der Waals surface area (Å²) in [6.07, 6.45) is 0. The molecule has 0 heterocycles. The highest BCUT2D eigenvalue weighted by molar-refractivity contribution is 7.79. The second-order valence-corrected chi connectivity index (χ2v) is 3.96. The summed E-state index contributed by atoms with van der Waals surface area (Å²) in [5.41, 5.74) is 0.220. The van der Waals surface area contributed by atoms with Crippen LogP contribution in [0.1, 0.15) is 5.56 Å². The highest BCUT2D eigenvalue weighted by Gasteiger charge is 2.03. The first-order valence-electron chi connectivity index (χ1n) is 4.50. The van der Waals surface area contributed by atoms with Gasteiger partial charge in [0.2, 0.25) is 0 Å². The molecule has 1 aromatic rings. The number of rotatable bonds is 5. The van der Waals surface area contributed by atoms with Crippen LogP contribution in [0.4, 0.5) is 0 Å². The van der Waals surface area contributed by atoms with Gasteiger partial charge < -0.3 is 14.5 Å². The number of hydrogen-bond acceptors (Lipinski definition) is 4. The zero-order valence-corrected chi connectivity index (χ0v) is 9.14. The topological polar surface area (TPSA) is 89.8 Å². The molecule has 0 bridgehead atoms. The molecule has 0 aliphatic rings. The van der Waals surface area contributed by atoms with Gasteiger partial charge in [-0.3, -0.25) is 4.99 Å². The summed E-state index contributed by atoms with van der Waals surface area (Å²) in [6.45, 7) is -0.0265. The van der Waals surface area contributed by atoms with Gasteiger partial charge in [0.15, 0.2) is 11.1 Å². The third-order valence-electron chi connectivity index (χ3n) is 1.78. The molecule has 6 heteroatoms. The van der Waals surface area contributed by atoms with Gasteiger partial charge in [-0.2, -0.15) is 0 Å². The second-order valence-electron chi connectivity index (χ2n) is 2.91. The van der Waals surface area contributed by atoms with Crippen molar-refractivity contribution >= 4 is 22.8 Å². The van der Waals surface area contributed by atoms with Gasteiger partial charge in [0, 0.05) is 5.56 Å². The first kappa shape index (κ1) is 12.5. The molecule has 0 amide bonds. The van der Waals surface area contributed by atoms with Crippen molar-refractivity contribution in [2.45, 2.75) is 0 Å². The Bertz CT molecular complexity index is 416. The number of carboxylic acid groups (broad SMARTS) is 1. The molecule has 0 spiro atoms. The number of hydrogen-bond donors (Lipinski definition) is 1. The van der Waals surface area contributed by atoms with E-state index in [2.05, 4.69) is 4.99 Å². The van der Waals surface area contributed by atoms with Crippen LogP contribution in [0.15, 0.2) is 35.3 Å². The zero-order chi connectivity index (χ0) is 12.0. The van der Waals surface area contributed by atoms with Crippen LogP contribution in [0.25, 0.3) is 0 Å². The van der Waals surface area contributed by atoms with E-state index in [1.807, 2.05) is 0 Å². The molecule has 0 saturated carbocycles. The molecule has 0 aromatic heterocycles. The minimum Gasteiger partial charge on any atom is -0.543 e. The summed E-state index contributed by atoms with van der Waals surface area (Å²) in [7, 11) is 0. The van der Waals surface area contributed by atoms with E-state index in [0.29, 0.717) is 5.56 Å². The van der Waals surface area contributed by atoms with Crippen molar-refractivity contribution in [1.29, 1.82) is 0 Å². The average molecular weight is 240 g/mol. The van der Waals surface area contributed by atoms with E-state index in [9.17, 15) is 14.1 Å². The summed E-state index contributed by atoms with van der Waals surface area (Å²) in [5.74, 6) is -1.49. The fourth-order valence-electron chi connectivity index (χ4n) is 1.11. The maximum atomic E-state index is 10.8. The third-order valence-corrected chi connectivity index (χ3v) is 2.31. The minimum atomic E-state index is -1.97. The van der Waals surface area contributed by atoms with E-state index in [1.54, 1.807) is 30.3 Å². The number of aliphatic carboxylic acids is 1. The van der Waals surface area contributed by atoms with Crippen LogP contribution in [0.3, 0.4) is 0 Å². The quantitative estimate of drug-likeness (QED) is 0.552. The Morgan fingerprint density at radius 3 is 2.50 bits per heavy atom. The van der Waals surface area contributed by atoms with Gasteiger partial charge >= 0.3 is 0 Å². The van der Waals surface area contributed by atoms with E-state index in [0.717, 1.165) is 0 Å². The third kappa shape index (κ3) is 3.92. The van der Waals surface area contributed by atoms with Gasteiger partial charge in [-0.05, 0) is 0 Å². The Morgan fingerprint density at radius 1 is 1.38 bits per heavy atom. The smallest absolute Gasteiger partial charge is 0.154 e. The zero-order valence-electron chi connectivity index (χ0n) is 8.33. The molecule has 1 unspecified atom stereocenters. The van der Waals surface area contributed by atoms with Gasteiger partial charge in [0.25, 0.3) is 0 Å². The first-order chi connectivity index (χ1) is 7.61. The number of nitrogens with zero attached hydrogens (tertiary/aromatic N) is 1. The number of benzene rings is 1. The molecule has 0 fully saturated rings. The van der Waals surface area contributed by atoms with Crippen molar-refractivity contribution in [1.82, 2.24) is 0 Å². The molecule has 1 rings (SSSR count). The summed E-state index contributed by atoms with van der Waals surface area (Å²) in [4.78, 5) is 14.5. The van der Waals surface area contributed by atoms with E-state index in [1.165, 1.54) is 0 Å². The Hall–Kier alpha value is -1.53. The molecule has 16 heavy (non-hydrogen) atoms. The fourth-order valence-corrected chi connectivity index (χ4v) is 1.35. The monoisotopic (exact) mass is 240 g/mol. The van der Waals surface area contributed by atoms with E-state index >= 15 is 0 Å². The number of carbonyl (C=O) groups excluding carboxylic acids is 1. The summed E-state index contributed by atoms with van der Waals surface area (Å²) < 4.78 is 18.9. The molecule has 0 saturated heterocycles. The molecule has 1 atom stereocenters. The van der Waals surface area contributed by atoms with Crippen LogP contribution in [0, 0.1) is 0 Å². The average Bonchev–Trinajstić information content (AvgIpc) is 2.25. The highest BCUT2D eigenvalue weighted by Crippen LogP contribution is 2.01. The minimum absolute atomic E-state index is 0.0265. The standard InChI is InChI=1S/C10H11NO4S/c12-10(13)9(11-6-7-16(14)15)8-4-2-1-3-5-8/h1-5H,6-7H2,(H,12,13)(H,14,15)/p-1. The van der Waals surface area contributed by atoms with Crippen molar-refractivity contribution in [3.8, 4) is 0 Å². The molecular formula is C10H10NO4S-. The Labute approximate surface area is 95.1 Å².